The molecule has 1 atom stereocenters. The van der Waals surface area contributed by atoms with Crippen LogP contribution in [0.15, 0.2) is 59.1 Å². The van der Waals surface area contributed by atoms with E-state index in [0.29, 0.717) is 10.8 Å². The van der Waals surface area contributed by atoms with Crippen molar-refractivity contribution in [3.63, 3.8) is 0 Å². The second-order valence-corrected chi connectivity index (χ2v) is 9.15. The lowest BCUT2D eigenvalue weighted by atomic mass is 10.2. The number of rotatable bonds is 7. The van der Waals surface area contributed by atoms with Crippen molar-refractivity contribution in [3.8, 4) is 16.3 Å². The largest absolute Gasteiger partial charge is 0.483 e. The standard InChI is InChI=1S/C22H21ClN4OS2/c1-14-7-9-16(10-8-14)21-24-18(12-29-21)13-30-22-26-25-20(27(22)3)15(2)28-19-6-4-5-17(23)11-19/h4-12,15H,13H2,1-3H3. The molecule has 4 aromatic rings. The third-order valence-electron chi connectivity index (χ3n) is 4.54. The molecule has 0 N–H and O–H groups in total. The van der Waals surface area contributed by atoms with Gasteiger partial charge in [0.25, 0.3) is 0 Å². The van der Waals surface area contributed by atoms with Crippen molar-refractivity contribution in [2.24, 2.45) is 7.05 Å². The average molecular weight is 457 g/mol. The first kappa shape index (κ1) is 20.9. The first-order chi connectivity index (χ1) is 14.5. The minimum absolute atomic E-state index is 0.247. The highest BCUT2D eigenvalue weighted by atomic mass is 35.5. The van der Waals surface area contributed by atoms with E-state index >= 15 is 0 Å². The maximum Gasteiger partial charge on any atom is 0.191 e. The Bertz CT molecular complexity index is 1140. The summed E-state index contributed by atoms with van der Waals surface area (Å²) < 4.78 is 7.94. The second kappa shape index (κ2) is 9.20. The first-order valence-corrected chi connectivity index (χ1v) is 11.7. The molecule has 0 aliphatic heterocycles. The van der Waals surface area contributed by atoms with Crippen LogP contribution < -0.4 is 4.74 Å². The highest BCUT2D eigenvalue weighted by molar-refractivity contribution is 7.98. The van der Waals surface area contributed by atoms with E-state index in [1.54, 1.807) is 29.2 Å². The van der Waals surface area contributed by atoms with Crippen LogP contribution in [0.25, 0.3) is 10.6 Å². The Morgan fingerprint density at radius 2 is 1.97 bits per heavy atom. The monoisotopic (exact) mass is 456 g/mol. The number of nitrogens with zero attached hydrogens (tertiary/aromatic N) is 4. The maximum atomic E-state index is 6.04. The normalized spacial score (nSPS) is 12.1. The number of aryl methyl sites for hydroxylation is 1. The van der Waals surface area contributed by atoms with E-state index in [9.17, 15) is 0 Å². The van der Waals surface area contributed by atoms with Crippen LogP contribution in [0.5, 0.6) is 5.75 Å². The summed E-state index contributed by atoms with van der Waals surface area (Å²) in [5.74, 6) is 2.20. The fourth-order valence-electron chi connectivity index (χ4n) is 2.94. The Labute approximate surface area is 189 Å². The van der Waals surface area contributed by atoms with Crippen LogP contribution in [-0.4, -0.2) is 19.7 Å². The van der Waals surface area contributed by atoms with Crippen LogP contribution in [0.3, 0.4) is 0 Å². The van der Waals surface area contributed by atoms with Gasteiger partial charge in [-0.3, -0.25) is 0 Å². The number of halogens is 1. The SMILES string of the molecule is Cc1ccc(-c2nc(CSc3nnc(C(C)Oc4cccc(Cl)c4)n3C)cs2)cc1. The zero-order valence-electron chi connectivity index (χ0n) is 16.9. The van der Waals surface area contributed by atoms with E-state index in [4.69, 9.17) is 21.3 Å². The Kier molecular flexibility index (Phi) is 6.41. The van der Waals surface area contributed by atoms with Crippen LogP contribution in [-0.2, 0) is 12.8 Å². The van der Waals surface area contributed by atoms with Crippen LogP contribution in [0.4, 0.5) is 0 Å². The summed E-state index contributed by atoms with van der Waals surface area (Å²) in [6.45, 7) is 4.04. The lowest BCUT2D eigenvalue weighted by molar-refractivity contribution is 0.211. The lowest BCUT2D eigenvalue weighted by Crippen LogP contribution is -2.10. The van der Waals surface area contributed by atoms with Gasteiger partial charge >= 0.3 is 0 Å². The summed E-state index contributed by atoms with van der Waals surface area (Å²) in [5, 5.41) is 13.3. The van der Waals surface area contributed by atoms with Gasteiger partial charge in [-0.1, -0.05) is 59.3 Å². The average Bonchev–Trinajstić information content (AvgIpc) is 3.34. The number of hydrogen-bond acceptors (Lipinski definition) is 6. The van der Waals surface area contributed by atoms with Crippen molar-refractivity contribution < 1.29 is 4.74 Å². The molecule has 2 aromatic carbocycles. The predicted molar refractivity (Wildman–Crippen MR) is 123 cm³/mol. The fourth-order valence-corrected chi connectivity index (χ4v) is 4.87. The summed E-state index contributed by atoms with van der Waals surface area (Å²) in [5.41, 5.74) is 3.43. The van der Waals surface area contributed by atoms with Gasteiger partial charge in [0.15, 0.2) is 17.1 Å². The third-order valence-corrected chi connectivity index (χ3v) is 6.77. The molecule has 0 aliphatic rings. The minimum Gasteiger partial charge on any atom is -0.483 e. The molecule has 1 unspecified atom stereocenters. The maximum absolute atomic E-state index is 6.04. The van der Waals surface area contributed by atoms with E-state index < -0.39 is 0 Å². The number of thioether (sulfide) groups is 1. The first-order valence-electron chi connectivity index (χ1n) is 9.45. The molecule has 0 spiro atoms. The minimum atomic E-state index is -0.247. The van der Waals surface area contributed by atoms with Crippen molar-refractivity contribution in [2.45, 2.75) is 30.9 Å². The molecular weight excluding hydrogens is 436 g/mol. The fraction of sp³-hybridized carbons (Fsp3) is 0.227. The molecule has 0 saturated heterocycles. The molecule has 0 bridgehead atoms. The lowest BCUT2D eigenvalue weighted by Gasteiger charge is -2.14. The topological polar surface area (TPSA) is 52.8 Å². The molecule has 2 aromatic heterocycles. The summed E-state index contributed by atoms with van der Waals surface area (Å²) in [7, 11) is 1.95. The van der Waals surface area contributed by atoms with E-state index in [0.717, 1.165) is 33.0 Å². The number of thiazole rings is 1. The van der Waals surface area contributed by atoms with Crippen molar-refractivity contribution >= 4 is 34.7 Å². The quantitative estimate of drug-likeness (QED) is 0.304. The van der Waals surface area contributed by atoms with Gasteiger partial charge in [-0.15, -0.1) is 21.5 Å². The number of aromatic nitrogens is 4. The Balaban J connectivity index is 1.40. The summed E-state index contributed by atoms with van der Waals surface area (Å²) in [6, 6.07) is 15.8. The van der Waals surface area contributed by atoms with Gasteiger partial charge in [-0.25, -0.2) is 4.98 Å². The van der Waals surface area contributed by atoms with E-state index in [2.05, 4.69) is 46.8 Å². The third kappa shape index (κ3) is 4.86. The van der Waals surface area contributed by atoms with Crippen LogP contribution in [0.1, 0.15) is 30.1 Å². The van der Waals surface area contributed by atoms with E-state index in [-0.39, 0.29) is 6.10 Å². The Hall–Kier alpha value is -2.35. The molecule has 30 heavy (non-hydrogen) atoms. The smallest absolute Gasteiger partial charge is 0.191 e. The molecule has 8 heteroatoms. The zero-order valence-corrected chi connectivity index (χ0v) is 19.3. The number of benzene rings is 2. The molecule has 0 saturated carbocycles. The molecule has 0 amide bonds. The number of ether oxygens (including phenoxy) is 1. The summed E-state index contributed by atoms with van der Waals surface area (Å²) >= 11 is 9.31. The molecule has 2 heterocycles. The highest BCUT2D eigenvalue weighted by Gasteiger charge is 2.18. The van der Waals surface area contributed by atoms with Crippen molar-refractivity contribution in [3.05, 3.63) is 76.0 Å². The molecular formula is C22H21ClN4OS2. The van der Waals surface area contributed by atoms with Gasteiger partial charge in [0.1, 0.15) is 10.8 Å². The summed E-state index contributed by atoms with van der Waals surface area (Å²) in [6.07, 6.45) is -0.247. The van der Waals surface area contributed by atoms with E-state index in [1.807, 2.05) is 36.7 Å². The van der Waals surface area contributed by atoms with Gasteiger partial charge in [0.05, 0.1) is 5.69 Å². The molecule has 5 nitrogen and oxygen atoms in total. The van der Waals surface area contributed by atoms with Gasteiger partial charge in [-0.2, -0.15) is 0 Å². The van der Waals surface area contributed by atoms with Crippen LogP contribution >= 0.6 is 34.7 Å². The number of hydrogen-bond donors (Lipinski definition) is 0. The highest BCUT2D eigenvalue weighted by Crippen LogP contribution is 2.29. The van der Waals surface area contributed by atoms with Gasteiger partial charge < -0.3 is 9.30 Å². The van der Waals surface area contributed by atoms with Crippen LogP contribution in [0.2, 0.25) is 5.02 Å². The van der Waals surface area contributed by atoms with Gasteiger partial charge in [0.2, 0.25) is 0 Å². The van der Waals surface area contributed by atoms with Crippen LogP contribution in [0, 0.1) is 6.92 Å². The summed E-state index contributed by atoms with van der Waals surface area (Å²) in [4.78, 5) is 4.76. The Morgan fingerprint density at radius 1 is 1.17 bits per heavy atom. The second-order valence-electron chi connectivity index (χ2n) is 6.92. The van der Waals surface area contributed by atoms with Gasteiger partial charge in [-0.05, 0) is 32.0 Å². The van der Waals surface area contributed by atoms with Gasteiger partial charge in [0, 0.05) is 28.8 Å². The van der Waals surface area contributed by atoms with Crippen molar-refractivity contribution in [1.29, 1.82) is 0 Å². The Morgan fingerprint density at radius 3 is 2.73 bits per heavy atom. The zero-order chi connectivity index (χ0) is 21.1. The molecule has 0 fully saturated rings. The molecule has 4 rings (SSSR count). The molecule has 0 aliphatic carbocycles. The molecule has 0 radical (unpaired) electrons. The van der Waals surface area contributed by atoms with Crippen molar-refractivity contribution in [1.82, 2.24) is 19.7 Å². The molecule has 154 valence electrons. The van der Waals surface area contributed by atoms with E-state index in [1.165, 1.54) is 5.56 Å². The van der Waals surface area contributed by atoms with Crippen molar-refractivity contribution in [2.75, 3.05) is 0 Å². The predicted octanol–water partition coefficient (Wildman–Crippen LogP) is 6.33.